The Labute approximate surface area is 246 Å². The summed E-state index contributed by atoms with van der Waals surface area (Å²) in [4.78, 5) is 51.0. The third-order valence-electron chi connectivity index (χ3n) is 9.42. The maximum atomic E-state index is 14.0. The van der Waals surface area contributed by atoms with E-state index in [1.807, 2.05) is 0 Å². The van der Waals surface area contributed by atoms with Gasteiger partial charge in [-0.3, -0.25) is 14.4 Å². The summed E-state index contributed by atoms with van der Waals surface area (Å²) in [6.07, 6.45) is 9.16. The van der Waals surface area contributed by atoms with Gasteiger partial charge in [0, 0.05) is 24.4 Å². The van der Waals surface area contributed by atoms with Crippen molar-refractivity contribution in [2.45, 2.75) is 84.1 Å². The van der Waals surface area contributed by atoms with E-state index in [0.29, 0.717) is 49.9 Å². The highest BCUT2D eigenvalue weighted by Gasteiger charge is 2.47. The number of aromatic nitrogens is 2. The van der Waals surface area contributed by atoms with Crippen LogP contribution in [0.3, 0.4) is 0 Å². The number of likely N-dealkylation sites (tertiary alicyclic amines) is 1. The highest BCUT2D eigenvalue weighted by molar-refractivity contribution is 6.34. The first kappa shape index (κ1) is 29.7. The fraction of sp³-hybridized carbons (Fsp3) is 0.613. The van der Waals surface area contributed by atoms with Crippen molar-refractivity contribution in [1.82, 2.24) is 20.2 Å². The average molecular weight is 586 g/mol. The SMILES string of the molecule is Cc1cc(N2CCCC3(CCC(NC(=O)c4[nH]cnc4C(=O)CCCN4CCC(C)CC4)CC3)C2=O)c(Cl)cc1F. The summed E-state index contributed by atoms with van der Waals surface area (Å²) in [5, 5.41) is 3.31. The number of benzene rings is 1. The van der Waals surface area contributed by atoms with Crippen LogP contribution in [0.15, 0.2) is 18.5 Å². The highest BCUT2D eigenvalue weighted by Crippen LogP contribution is 2.46. The van der Waals surface area contributed by atoms with Crippen LogP contribution in [0.2, 0.25) is 5.02 Å². The molecule has 3 aliphatic rings. The fourth-order valence-electron chi connectivity index (χ4n) is 6.73. The summed E-state index contributed by atoms with van der Waals surface area (Å²) < 4.78 is 14.0. The lowest BCUT2D eigenvalue weighted by molar-refractivity contribution is -0.132. The summed E-state index contributed by atoms with van der Waals surface area (Å²) in [7, 11) is 0. The molecule has 0 radical (unpaired) electrons. The standard InChI is InChI=1S/C31H41ClFN5O3/c1-20-8-15-37(16-9-20)13-3-5-26(39)27-28(35-19-34-27)29(40)36-22-6-11-31(12-7-22)10-4-14-38(30(31)41)25-17-21(2)24(33)18-23(25)32/h17-20,22H,3-16H2,1-2H3,(H,34,35)(H,36,40). The largest absolute Gasteiger partial charge is 0.348 e. The van der Waals surface area contributed by atoms with E-state index in [1.54, 1.807) is 17.9 Å². The molecule has 1 spiro atoms. The number of amides is 2. The summed E-state index contributed by atoms with van der Waals surface area (Å²) in [6.45, 7) is 7.56. The Kier molecular flexibility index (Phi) is 9.14. The number of nitrogens with zero attached hydrogens (tertiary/aromatic N) is 3. The normalized spacial score (nSPS) is 24.1. The van der Waals surface area contributed by atoms with Crippen LogP contribution in [0.5, 0.6) is 0 Å². The first-order chi connectivity index (χ1) is 19.7. The van der Waals surface area contributed by atoms with Crippen LogP contribution in [-0.2, 0) is 4.79 Å². The van der Waals surface area contributed by atoms with Crippen LogP contribution >= 0.6 is 11.6 Å². The van der Waals surface area contributed by atoms with Gasteiger partial charge in [0.1, 0.15) is 17.2 Å². The van der Waals surface area contributed by atoms with E-state index in [-0.39, 0.29) is 45.9 Å². The molecule has 8 nitrogen and oxygen atoms in total. The smallest absolute Gasteiger partial charge is 0.270 e. The van der Waals surface area contributed by atoms with Gasteiger partial charge in [0.25, 0.3) is 5.91 Å². The molecule has 2 N–H and O–H groups in total. The number of halogens is 2. The first-order valence-corrected chi connectivity index (χ1v) is 15.4. The van der Waals surface area contributed by atoms with Gasteiger partial charge in [-0.05, 0) is 108 Å². The zero-order chi connectivity index (χ0) is 29.1. The number of imidazole rings is 1. The number of carbonyl (C=O) groups excluding carboxylic acids is 3. The molecule has 5 rings (SSSR count). The van der Waals surface area contributed by atoms with E-state index in [4.69, 9.17) is 11.6 Å². The van der Waals surface area contributed by atoms with Crippen molar-refractivity contribution in [2.24, 2.45) is 11.3 Å². The Bertz CT molecular complexity index is 1280. The zero-order valence-electron chi connectivity index (χ0n) is 24.1. The van der Waals surface area contributed by atoms with E-state index >= 15 is 0 Å². The minimum absolute atomic E-state index is 0.0296. The molecule has 3 fully saturated rings. The molecule has 1 aliphatic carbocycles. The van der Waals surface area contributed by atoms with E-state index in [0.717, 1.165) is 44.8 Å². The summed E-state index contributed by atoms with van der Waals surface area (Å²) in [6, 6.07) is 2.83. The lowest BCUT2D eigenvalue weighted by Crippen LogP contribution is -2.52. The van der Waals surface area contributed by atoms with Gasteiger partial charge in [0.05, 0.1) is 17.0 Å². The van der Waals surface area contributed by atoms with Crippen molar-refractivity contribution in [3.63, 3.8) is 0 Å². The third kappa shape index (κ3) is 6.51. The maximum Gasteiger partial charge on any atom is 0.270 e. The topological polar surface area (TPSA) is 98.4 Å². The molecule has 3 heterocycles. The van der Waals surface area contributed by atoms with E-state index in [1.165, 1.54) is 25.2 Å². The summed E-state index contributed by atoms with van der Waals surface area (Å²) in [5.74, 6) is -0.0327. The van der Waals surface area contributed by atoms with Crippen LogP contribution in [0, 0.1) is 24.1 Å². The van der Waals surface area contributed by atoms with Crippen molar-refractivity contribution in [3.05, 3.63) is 46.3 Å². The van der Waals surface area contributed by atoms with Crippen molar-refractivity contribution >= 4 is 34.9 Å². The molecule has 2 aliphatic heterocycles. The third-order valence-corrected chi connectivity index (χ3v) is 9.72. The average Bonchev–Trinajstić information content (AvgIpc) is 3.45. The van der Waals surface area contributed by atoms with Gasteiger partial charge in [-0.2, -0.15) is 0 Å². The van der Waals surface area contributed by atoms with Crippen molar-refractivity contribution in [2.75, 3.05) is 31.1 Å². The Balaban J connectivity index is 1.14. The van der Waals surface area contributed by atoms with Crippen molar-refractivity contribution < 1.29 is 18.8 Å². The second kappa shape index (κ2) is 12.6. The zero-order valence-corrected chi connectivity index (χ0v) is 24.9. The minimum Gasteiger partial charge on any atom is -0.348 e. The molecule has 0 atom stereocenters. The summed E-state index contributed by atoms with van der Waals surface area (Å²) in [5.41, 5.74) is 0.922. The van der Waals surface area contributed by atoms with E-state index < -0.39 is 5.41 Å². The van der Waals surface area contributed by atoms with Gasteiger partial charge in [-0.1, -0.05) is 18.5 Å². The number of ketones is 1. The molecular formula is C31H41ClFN5O3. The number of hydrogen-bond donors (Lipinski definition) is 2. The number of H-pyrrole nitrogens is 1. The number of hydrogen-bond acceptors (Lipinski definition) is 5. The van der Waals surface area contributed by atoms with E-state index in [9.17, 15) is 18.8 Å². The van der Waals surface area contributed by atoms with Gasteiger partial charge in [0.15, 0.2) is 5.78 Å². The molecule has 1 aromatic carbocycles. The van der Waals surface area contributed by atoms with Crippen LogP contribution in [0.25, 0.3) is 0 Å². The lowest BCUT2D eigenvalue weighted by Gasteiger charge is -2.45. The highest BCUT2D eigenvalue weighted by atomic mass is 35.5. The molecule has 41 heavy (non-hydrogen) atoms. The number of rotatable bonds is 8. The molecule has 10 heteroatoms. The van der Waals surface area contributed by atoms with Gasteiger partial charge in [0.2, 0.25) is 5.91 Å². The number of anilines is 1. The number of aromatic amines is 1. The number of carbonyl (C=O) groups is 3. The second-order valence-corrected chi connectivity index (χ2v) is 12.7. The fourth-order valence-corrected chi connectivity index (χ4v) is 6.98. The number of Topliss-reactive ketones (excluding diaryl/α,β-unsaturated/α-hetero) is 1. The molecule has 2 amide bonds. The Morgan fingerprint density at radius 2 is 1.88 bits per heavy atom. The molecule has 2 aromatic rings. The first-order valence-electron chi connectivity index (χ1n) is 15.0. The molecule has 0 unspecified atom stereocenters. The Hall–Kier alpha value is -2.78. The van der Waals surface area contributed by atoms with Crippen LogP contribution in [0.4, 0.5) is 10.1 Å². The minimum atomic E-state index is -0.507. The van der Waals surface area contributed by atoms with Gasteiger partial charge >= 0.3 is 0 Å². The molecule has 222 valence electrons. The molecule has 1 aromatic heterocycles. The molecule has 0 bridgehead atoms. The van der Waals surface area contributed by atoms with Crippen molar-refractivity contribution in [1.29, 1.82) is 0 Å². The molecular weight excluding hydrogens is 545 g/mol. The maximum absolute atomic E-state index is 14.0. The Morgan fingerprint density at radius 3 is 2.61 bits per heavy atom. The molecule has 1 saturated carbocycles. The van der Waals surface area contributed by atoms with Crippen molar-refractivity contribution in [3.8, 4) is 0 Å². The Morgan fingerprint density at radius 1 is 1.15 bits per heavy atom. The van der Waals surface area contributed by atoms with Crippen LogP contribution < -0.4 is 10.2 Å². The number of aryl methyl sites for hydroxylation is 1. The second-order valence-electron chi connectivity index (χ2n) is 12.3. The van der Waals surface area contributed by atoms with Gasteiger partial charge in [-0.15, -0.1) is 0 Å². The monoisotopic (exact) mass is 585 g/mol. The molecule has 2 saturated heterocycles. The van der Waals surface area contributed by atoms with Crippen LogP contribution in [-0.4, -0.2) is 64.7 Å². The van der Waals surface area contributed by atoms with E-state index in [2.05, 4.69) is 27.1 Å². The summed E-state index contributed by atoms with van der Waals surface area (Å²) >= 11 is 6.34. The van der Waals surface area contributed by atoms with Gasteiger partial charge < -0.3 is 20.1 Å². The lowest BCUT2D eigenvalue weighted by atomic mass is 9.67. The number of nitrogens with one attached hydrogen (secondary N) is 2. The predicted molar refractivity (Wildman–Crippen MR) is 157 cm³/mol. The predicted octanol–water partition coefficient (Wildman–Crippen LogP) is 5.69. The quantitative estimate of drug-likeness (QED) is 0.388. The van der Waals surface area contributed by atoms with Gasteiger partial charge in [-0.25, -0.2) is 9.37 Å². The number of piperidine rings is 2. The van der Waals surface area contributed by atoms with Crippen LogP contribution in [0.1, 0.15) is 97.7 Å².